The monoisotopic (exact) mass is 381 g/mol. The molecule has 4 N–H and O–H groups in total. The Balaban J connectivity index is 1.68. The maximum Gasteiger partial charge on any atom is 0.223 e. The van der Waals surface area contributed by atoms with Gasteiger partial charge in [0.25, 0.3) is 0 Å². The summed E-state index contributed by atoms with van der Waals surface area (Å²) in [4.78, 5) is 9.25. The number of benzene rings is 1. The van der Waals surface area contributed by atoms with Gasteiger partial charge in [0.2, 0.25) is 5.95 Å². The number of aryl methyl sites for hydroxylation is 1. The van der Waals surface area contributed by atoms with E-state index in [2.05, 4.69) is 67.6 Å². The third kappa shape index (κ3) is 5.76. The Morgan fingerprint density at radius 2 is 1.71 bits per heavy atom. The summed E-state index contributed by atoms with van der Waals surface area (Å²) in [5.74, 6) is 0.711. The van der Waals surface area contributed by atoms with Gasteiger partial charge >= 0.3 is 0 Å². The molecule has 0 saturated carbocycles. The summed E-state index contributed by atoms with van der Waals surface area (Å²) in [5.41, 5.74) is 9.20. The molecule has 0 amide bonds. The first-order valence-electron chi connectivity index (χ1n) is 10.4. The summed E-state index contributed by atoms with van der Waals surface area (Å²) in [6.45, 7) is 9.80. The Morgan fingerprint density at radius 3 is 2.36 bits per heavy atom. The van der Waals surface area contributed by atoms with Crippen molar-refractivity contribution in [3.8, 4) is 11.3 Å². The van der Waals surface area contributed by atoms with Gasteiger partial charge in [-0.1, -0.05) is 24.3 Å². The molecule has 5 nitrogen and oxygen atoms in total. The van der Waals surface area contributed by atoms with Gasteiger partial charge in [-0.15, -0.1) is 0 Å². The van der Waals surface area contributed by atoms with Crippen molar-refractivity contribution in [2.45, 2.75) is 76.9 Å². The van der Waals surface area contributed by atoms with Crippen molar-refractivity contribution < 1.29 is 0 Å². The molecule has 1 aromatic carbocycles. The van der Waals surface area contributed by atoms with Crippen LogP contribution < -0.4 is 16.4 Å². The number of rotatable bonds is 7. The van der Waals surface area contributed by atoms with E-state index >= 15 is 0 Å². The SMILES string of the molecule is CC1(C)CC(Nc2nccc(-c3ccc(CCCCN)cc3)n2)CC(C)(C)N1. The van der Waals surface area contributed by atoms with Gasteiger partial charge in [-0.05, 0) is 78.0 Å². The van der Waals surface area contributed by atoms with E-state index in [1.165, 1.54) is 5.56 Å². The van der Waals surface area contributed by atoms with Gasteiger partial charge in [0.15, 0.2) is 0 Å². The molecule has 5 heteroatoms. The van der Waals surface area contributed by atoms with Gasteiger partial charge in [-0.2, -0.15) is 0 Å². The second-order valence-electron chi connectivity index (χ2n) is 9.35. The molecule has 28 heavy (non-hydrogen) atoms. The largest absolute Gasteiger partial charge is 0.351 e. The lowest BCUT2D eigenvalue weighted by molar-refractivity contribution is 0.170. The Labute approximate surface area is 169 Å². The van der Waals surface area contributed by atoms with E-state index in [4.69, 9.17) is 10.7 Å². The van der Waals surface area contributed by atoms with Crippen LogP contribution in [0.2, 0.25) is 0 Å². The van der Waals surface area contributed by atoms with Crippen molar-refractivity contribution in [1.29, 1.82) is 0 Å². The lowest BCUT2D eigenvalue weighted by atomic mass is 9.80. The second kappa shape index (κ2) is 8.58. The summed E-state index contributed by atoms with van der Waals surface area (Å²) in [6.07, 6.45) is 7.23. The van der Waals surface area contributed by atoms with Crippen LogP contribution in [0.25, 0.3) is 11.3 Å². The third-order valence-corrected chi connectivity index (χ3v) is 5.35. The summed E-state index contributed by atoms with van der Waals surface area (Å²) in [6, 6.07) is 11.0. The highest BCUT2D eigenvalue weighted by molar-refractivity contribution is 5.60. The minimum atomic E-state index is 0.0940. The summed E-state index contributed by atoms with van der Waals surface area (Å²) < 4.78 is 0. The molecule has 0 bridgehead atoms. The fourth-order valence-electron chi connectivity index (χ4n) is 4.51. The zero-order valence-corrected chi connectivity index (χ0v) is 17.8. The predicted molar refractivity (Wildman–Crippen MR) is 117 cm³/mol. The first-order valence-corrected chi connectivity index (χ1v) is 10.4. The van der Waals surface area contributed by atoms with Gasteiger partial charge in [0, 0.05) is 28.9 Å². The third-order valence-electron chi connectivity index (χ3n) is 5.35. The second-order valence-corrected chi connectivity index (χ2v) is 9.35. The molecule has 1 aromatic heterocycles. The molecule has 0 radical (unpaired) electrons. The number of piperidine rings is 1. The minimum absolute atomic E-state index is 0.0940. The normalized spacial score (nSPS) is 18.8. The Bertz CT molecular complexity index is 751. The molecule has 1 saturated heterocycles. The molecule has 1 fully saturated rings. The highest BCUT2D eigenvalue weighted by Crippen LogP contribution is 2.30. The van der Waals surface area contributed by atoms with Gasteiger partial charge in [0.05, 0.1) is 5.69 Å². The van der Waals surface area contributed by atoms with E-state index in [1.807, 2.05) is 12.3 Å². The number of nitrogens with one attached hydrogen (secondary N) is 2. The number of aromatic nitrogens is 2. The van der Waals surface area contributed by atoms with Crippen LogP contribution in [0.5, 0.6) is 0 Å². The molecule has 2 heterocycles. The van der Waals surface area contributed by atoms with Crippen molar-refractivity contribution in [3.05, 3.63) is 42.1 Å². The van der Waals surface area contributed by atoms with E-state index in [-0.39, 0.29) is 11.1 Å². The van der Waals surface area contributed by atoms with Crippen molar-refractivity contribution in [1.82, 2.24) is 15.3 Å². The average molecular weight is 382 g/mol. The fourth-order valence-corrected chi connectivity index (χ4v) is 4.51. The Morgan fingerprint density at radius 1 is 1.04 bits per heavy atom. The molecule has 0 atom stereocenters. The summed E-state index contributed by atoms with van der Waals surface area (Å²) >= 11 is 0. The molecule has 1 aliphatic heterocycles. The van der Waals surface area contributed by atoms with Crippen LogP contribution in [0, 0.1) is 0 Å². The zero-order chi connectivity index (χ0) is 20.2. The van der Waals surface area contributed by atoms with Crippen LogP contribution in [0.15, 0.2) is 36.5 Å². The van der Waals surface area contributed by atoms with Crippen molar-refractivity contribution in [3.63, 3.8) is 0 Å². The number of hydrogen-bond acceptors (Lipinski definition) is 5. The van der Waals surface area contributed by atoms with E-state index in [1.54, 1.807) is 0 Å². The van der Waals surface area contributed by atoms with Crippen molar-refractivity contribution in [2.75, 3.05) is 11.9 Å². The zero-order valence-electron chi connectivity index (χ0n) is 17.8. The highest BCUT2D eigenvalue weighted by atomic mass is 15.1. The number of unbranched alkanes of at least 4 members (excludes halogenated alkanes) is 1. The van der Waals surface area contributed by atoms with Crippen molar-refractivity contribution >= 4 is 5.95 Å². The smallest absolute Gasteiger partial charge is 0.223 e. The molecule has 3 rings (SSSR count). The van der Waals surface area contributed by atoms with E-state index in [9.17, 15) is 0 Å². The standard InChI is InChI=1S/C23H35N5/c1-22(2)15-19(16-23(3,4)28-22)26-21-25-14-12-20(27-21)18-10-8-17(9-11-18)7-5-6-13-24/h8-12,14,19,28H,5-7,13,15-16,24H2,1-4H3,(H,25,26,27). The number of anilines is 1. The van der Waals surface area contributed by atoms with Gasteiger partial charge < -0.3 is 16.4 Å². The van der Waals surface area contributed by atoms with Crippen molar-refractivity contribution in [2.24, 2.45) is 5.73 Å². The van der Waals surface area contributed by atoms with Crippen LogP contribution >= 0.6 is 0 Å². The molecule has 0 aliphatic carbocycles. The fraction of sp³-hybridized carbons (Fsp3) is 0.565. The topological polar surface area (TPSA) is 75.9 Å². The van der Waals surface area contributed by atoms with Crippen LogP contribution in [-0.4, -0.2) is 33.6 Å². The lowest BCUT2D eigenvalue weighted by Gasteiger charge is -2.46. The molecule has 1 aliphatic rings. The van der Waals surface area contributed by atoms with E-state index < -0.39 is 0 Å². The quantitative estimate of drug-likeness (QED) is 0.628. The first kappa shape index (κ1) is 20.7. The van der Waals surface area contributed by atoms with Crippen LogP contribution in [0.3, 0.4) is 0 Å². The molecular weight excluding hydrogens is 346 g/mol. The average Bonchev–Trinajstić information content (AvgIpc) is 2.60. The van der Waals surface area contributed by atoms with E-state index in [0.717, 1.165) is 49.9 Å². The number of hydrogen-bond donors (Lipinski definition) is 3. The Hall–Kier alpha value is -1.98. The first-order chi connectivity index (χ1) is 13.3. The van der Waals surface area contributed by atoms with Gasteiger partial charge in [-0.3, -0.25) is 0 Å². The minimum Gasteiger partial charge on any atom is -0.351 e. The lowest BCUT2D eigenvalue weighted by Crippen LogP contribution is -2.60. The van der Waals surface area contributed by atoms with Crippen LogP contribution in [0.1, 0.15) is 58.9 Å². The molecule has 0 spiro atoms. The molecular formula is C23H35N5. The van der Waals surface area contributed by atoms with Gasteiger partial charge in [-0.25, -0.2) is 9.97 Å². The maximum absolute atomic E-state index is 5.58. The molecule has 2 aromatic rings. The predicted octanol–water partition coefficient (Wildman–Crippen LogP) is 4.15. The number of nitrogens with two attached hydrogens (primary N) is 1. The molecule has 152 valence electrons. The van der Waals surface area contributed by atoms with Crippen LogP contribution in [-0.2, 0) is 6.42 Å². The Kier molecular flexibility index (Phi) is 6.36. The van der Waals surface area contributed by atoms with Gasteiger partial charge in [0.1, 0.15) is 0 Å². The number of nitrogens with zero attached hydrogens (tertiary/aromatic N) is 2. The summed E-state index contributed by atoms with van der Waals surface area (Å²) in [5, 5.41) is 7.29. The highest BCUT2D eigenvalue weighted by Gasteiger charge is 2.37. The van der Waals surface area contributed by atoms with Crippen LogP contribution in [0.4, 0.5) is 5.95 Å². The molecule has 0 unspecified atom stereocenters. The van der Waals surface area contributed by atoms with E-state index in [0.29, 0.717) is 12.0 Å². The maximum atomic E-state index is 5.58. The summed E-state index contributed by atoms with van der Waals surface area (Å²) in [7, 11) is 0.